The summed E-state index contributed by atoms with van der Waals surface area (Å²) in [5.74, 6) is 0.240. The summed E-state index contributed by atoms with van der Waals surface area (Å²) in [7, 11) is 0. The molecule has 0 aromatic heterocycles. The van der Waals surface area contributed by atoms with Crippen molar-refractivity contribution in [1.82, 2.24) is 0 Å². The minimum Gasteiger partial charge on any atom is -0.300 e. The second kappa shape index (κ2) is 5.29. The van der Waals surface area contributed by atoms with Crippen LogP contribution in [-0.2, 0) is 4.79 Å². The SMILES string of the molecule is C=C/C=C/CCC(C)=O. The van der Waals surface area contributed by atoms with E-state index in [-0.39, 0.29) is 5.78 Å². The molecule has 0 bridgehead atoms. The lowest BCUT2D eigenvalue weighted by Crippen LogP contribution is -1.85. The van der Waals surface area contributed by atoms with Gasteiger partial charge >= 0.3 is 0 Å². The third-order valence-electron chi connectivity index (χ3n) is 0.935. The van der Waals surface area contributed by atoms with Crippen molar-refractivity contribution in [2.24, 2.45) is 0 Å². The number of hydrogen-bond donors (Lipinski definition) is 0. The fraction of sp³-hybridized carbons (Fsp3) is 0.375. The van der Waals surface area contributed by atoms with Crippen LogP contribution in [0.25, 0.3) is 0 Å². The van der Waals surface area contributed by atoms with Crippen molar-refractivity contribution < 1.29 is 4.79 Å². The van der Waals surface area contributed by atoms with Gasteiger partial charge in [0.05, 0.1) is 0 Å². The molecule has 1 heteroatoms. The summed E-state index contributed by atoms with van der Waals surface area (Å²) in [6.07, 6.45) is 6.98. The Balaban J connectivity index is 3.19. The van der Waals surface area contributed by atoms with Crippen molar-refractivity contribution in [1.29, 1.82) is 0 Å². The molecular formula is C8H12O. The number of rotatable bonds is 4. The Morgan fingerprint density at radius 2 is 2.33 bits per heavy atom. The molecule has 0 fully saturated rings. The topological polar surface area (TPSA) is 17.1 Å². The van der Waals surface area contributed by atoms with Crippen LogP contribution in [0.1, 0.15) is 19.8 Å². The predicted molar refractivity (Wildman–Crippen MR) is 39.3 cm³/mol. The average molecular weight is 124 g/mol. The zero-order valence-corrected chi connectivity index (χ0v) is 5.76. The first-order valence-electron chi connectivity index (χ1n) is 3.04. The van der Waals surface area contributed by atoms with Crippen molar-refractivity contribution in [3.05, 3.63) is 24.8 Å². The molecule has 0 spiro atoms. The van der Waals surface area contributed by atoms with E-state index >= 15 is 0 Å². The van der Waals surface area contributed by atoms with E-state index in [4.69, 9.17) is 0 Å². The number of carbonyl (C=O) groups excluding carboxylic acids is 1. The smallest absolute Gasteiger partial charge is 0.130 e. The monoisotopic (exact) mass is 124 g/mol. The van der Waals surface area contributed by atoms with Crippen LogP contribution in [0, 0.1) is 0 Å². The summed E-state index contributed by atoms with van der Waals surface area (Å²) in [4.78, 5) is 10.3. The van der Waals surface area contributed by atoms with E-state index in [9.17, 15) is 4.79 Å². The van der Waals surface area contributed by atoms with E-state index in [2.05, 4.69) is 6.58 Å². The molecule has 0 amide bonds. The Labute approximate surface area is 56.1 Å². The molecule has 0 atom stereocenters. The number of ketones is 1. The Morgan fingerprint density at radius 3 is 2.78 bits per heavy atom. The summed E-state index contributed by atoms with van der Waals surface area (Å²) in [5.41, 5.74) is 0. The van der Waals surface area contributed by atoms with Gasteiger partial charge in [0.2, 0.25) is 0 Å². The molecule has 9 heavy (non-hydrogen) atoms. The van der Waals surface area contributed by atoms with Crippen molar-refractivity contribution >= 4 is 5.78 Å². The maximum atomic E-state index is 10.3. The molecule has 0 aromatic rings. The van der Waals surface area contributed by atoms with Crippen LogP contribution in [0.2, 0.25) is 0 Å². The Hall–Kier alpha value is -0.850. The summed E-state index contributed by atoms with van der Waals surface area (Å²) in [6, 6.07) is 0. The Bertz CT molecular complexity index is 123. The highest BCUT2D eigenvalue weighted by atomic mass is 16.1. The first kappa shape index (κ1) is 8.15. The van der Waals surface area contributed by atoms with Gasteiger partial charge in [0, 0.05) is 6.42 Å². The lowest BCUT2D eigenvalue weighted by atomic mass is 10.2. The number of carbonyl (C=O) groups is 1. The fourth-order valence-electron chi connectivity index (χ4n) is 0.479. The minimum absolute atomic E-state index is 0.240. The molecule has 0 aliphatic rings. The van der Waals surface area contributed by atoms with Crippen molar-refractivity contribution in [2.75, 3.05) is 0 Å². The lowest BCUT2D eigenvalue weighted by molar-refractivity contribution is -0.116. The van der Waals surface area contributed by atoms with Crippen LogP contribution in [0.5, 0.6) is 0 Å². The standard InChI is InChI=1S/C8H12O/c1-3-4-5-6-7-8(2)9/h3-5H,1,6-7H2,2H3/b5-4+. The maximum absolute atomic E-state index is 10.3. The zero-order valence-electron chi connectivity index (χ0n) is 5.76. The molecule has 0 saturated heterocycles. The third-order valence-corrected chi connectivity index (χ3v) is 0.935. The molecule has 1 nitrogen and oxygen atoms in total. The highest BCUT2D eigenvalue weighted by molar-refractivity contribution is 5.75. The highest BCUT2D eigenvalue weighted by Gasteiger charge is 1.86. The Morgan fingerprint density at radius 1 is 1.67 bits per heavy atom. The van der Waals surface area contributed by atoms with Gasteiger partial charge in [0.15, 0.2) is 0 Å². The molecule has 0 heterocycles. The van der Waals surface area contributed by atoms with Gasteiger partial charge in [-0.1, -0.05) is 24.8 Å². The summed E-state index contributed by atoms with van der Waals surface area (Å²) >= 11 is 0. The van der Waals surface area contributed by atoms with Gasteiger partial charge in [0.25, 0.3) is 0 Å². The molecule has 0 aromatic carbocycles. The predicted octanol–water partition coefficient (Wildman–Crippen LogP) is 2.10. The van der Waals surface area contributed by atoms with E-state index in [0.717, 1.165) is 6.42 Å². The minimum atomic E-state index is 0.240. The van der Waals surface area contributed by atoms with E-state index in [0.29, 0.717) is 6.42 Å². The molecule has 0 saturated carbocycles. The van der Waals surface area contributed by atoms with Crippen LogP contribution >= 0.6 is 0 Å². The van der Waals surface area contributed by atoms with Gasteiger partial charge in [-0.25, -0.2) is 0 Å². The molecule has 0 aliphatic carbocycles. The third kappa shape index (κ3) is 7.15. The van der Waals surface area contributed by atoms with Crippen LogP contribution in [0.15, 0.2) is 24.8 Å². The first-order valence-corrected chi connectivity index (χ1v) is 3.04. The molecule has 0 rings (SSSR count). The van der Waals surface area contributed by atoms with E-state index < -0.39 is 0 Å². The van der Waals surface area contributed by atoms with E-state index in [1.807, 2.05) is 12.2 Å². The molecule has 0 aliphatic heterocycles. The van der Waals surface area contributed by atoms with Gasteiger partial charge in [-0.3, -0.25) is 0 Å². The van der Waals surface area contributed by atoms with Gasteiger partial charge in [0.1, 0.15) is 5.78 Å². The number of allylic oxidation sites excluding steroid dienone is 3. The van der Waals surface area contributed by atoms with Crippen molar-refractivity contribution in [2.45, 2.75) is 19.8 Å². The zero-order chi connectivity index (χ0) is 7.11. The molecular weight excluding hydrogens is 112 g/mol. The lowest BCUT2D eigenvalue weighted by Gasteiger charge is -1.84. The summed E-state index contributed by atoms with van der Waals surface area (Å²) in [6.45, 7) is 5.10. The highest BCUT2D eigenvalue weighted by Crippen LogP contribution is 1.91. The Kier molecular flexibility index (Phi) is 4.79. The van der Waals surface area contributed by atoms with Crippen LogP contribution < -0.4 is 0 Å². The summed E-state index contributed by atoms with van der Waals surface area (Å²) in [5, 5.41) is 0. The molecule has 0 N–H and O–H groups in total. The molecule has 0 unspecified atom stereocenters. The number of hydrogen-bond acceptors (Lipinski definition) is 1. The van der Waals surface area contributed by atoms with Crippen LogP contribution in [0.3, 0.4) is 0 Å². The largest absolute Gasteiger partial charge is 0.300 e. The molecule has 50 valence electrons. The fourth-order valence-corrected chi connectivity index (χ4v) is 0.479. The van der Waals surface area contributed by atoms with Crippen molar-refractivity contribution in [3.63, 3.8) is 0 Å². The number of Topliss-reactive ketones (excluding diaryl/α,β-unsaturated/α-hetero) is 1. The second-order valence-electron chi connectivity index (χ2n) is 1.90. The van der Waals surface area contributed by atoms with E-state index in [1.54, 1.807) is 13.0 Å². The quantitative estimate of drug-likeness (QED) is 0.524. The summed E-state index contributed by atoms with van der Waals surface area (Å²) < 4.78 is 0. The van der Waals surface area contributed by atoms with Gasteiger partial charge in [-0.2, -0.15) is 0 Å². The van der Waals surface area contributed by atoms with E-state index in [1.165, 1.54) is 0 Å². The van der Waals surface area contributed by atoms with Crippen molar-refractivity contribution in [3.8, 4) is 0 Å². The van der Waals surface area contributed by atoms with Crippen LogP contribution in [-0.4, -0.2) is 5.78 Å². The van der Waals surface area contributed by atoms with Crippen LogP contribution in [0.4, 0.5) is 0 Å². The first-order chi connectivity index (χ1) is 4.27. The maximum Gasteiger partial charge on any atom is 0.130 e. The second-order valence-corrected chi connectivity index (χ2v) is 1.90. The van der Waals surface area contributed by atoms with Gasteiger partial charge < -0.3 is 4.79 Å². The van der Waals surface area contributed by atoms with Gasteiger partial charge in [-0.15, -0.1) is 0 Å². The average Bonchev–Trinajstić information content (AvgIpc) is 1.80. The molecule has 0 radical (unpaired) electrons. The normalized spacial score (nSPS) is 9.89. The van der Waals surface area contributed by atoms with Gasteiger partial charge in [-0.05, 0) is 13.3 Å².